The van der Waals surface area contributed by atoms with Gasteiger partial charge in [-0.25, -0.2) is 0 Å². The largest absolute Gasteiger partial charge is 0.481 e. The lowest BCUT2D eigenvalue weighted by Gasteiger charge is -2.16. The molecule has 1 aliphatic rings. The lowest BCUT2D eigenvalue weighted by molar-refractivity contribution is -0.137. The maximum Gasteiger partial charge on any atom is 0.305 e. The zero-order valence-corrected chi connectivity index (χ0v) is 12.3. The average molecular weight is 304 g/mol. The maximum absolute atomic E-state index is 12.2. The maximum atomic E-state index is 12.2. The van der Waals surface area contributed by atoms with Crippen LogP contribution in [-0.2, 0) is 9.59 Å². The molecule has 0 radical (unpaired) electrons. The Hall–Kier alpha value is -2.70. The molecule has 3 amide bonds. The second-order valence-electron chi connectivity index (χ2n) is 5.31. The molecular weight excluding hydrogens is 288 g/mol. The third-order valence-corrected chi connectivity index (χ3v) is 3.32. The summed E-state index contributed by atoms with van der Waals surface area (Å²) in [5, 5.41) is 11.1. The number of imide groups is 1. The quantitative estimate of drug-likeness (QED) is 0.774. The number of carboxylic acids is 1. The SMILES string of the molecule is Cc1ccc2c(c1)C(=O)N(CC(=O)NC(C)CC(=O)O)C2=O. The van der Waals surface area contributed by atoms with Crippen LogP contribution in [-0.4, -0.2) is 46.3 Å². The second-order valence-corrected chi connectivity index (χ2v) is 5.31. The molecule has 1 aromatic rings. The molecular formula is C15H16N2O5. The van der Waals surface area contributed by atoms with Gasteiger partial charge in [-0.05, 0) is 26.0 Å². The van der Waals surface area contributed by atoms with Crippen molar-refractivity contribution in [1.82, 2.24) is 10.2 Å². The Labute approximate surface area is 126 Å². The van der Waals surface area contributed by atoms with Gasteiger partial charge >= 0.3 is 5.97 Å². The van der Waals surface area contributed by atoms with Gasteiger partial charge in [-0.15, -0.1) is 0 Å². The molecule has 2 rings (SSSR count). The Morgan fingerprint density at radius 2 is 1.86 bits per heavy atom. The third kappa shape index (κ3) is 3.13. The molecule has 2 N–H and O–H groups in total. The van der Waals surface area contributed by atoms with Gasteiger partial charge in [-0.2, -0.15) is 0 Å². The van der Waals surface area contributed by atoms with E-state index in [1.807, 2.05) is 0 Å². The predicted octanol–water partition coefficient (Wildman–Crippen LogP) is 0.570. The molecule has 1 heterocycles. The first-order valence-corrected chi connectivity index (χ1v) is 6.77. The highest BCUT2D eigenvalue weighted by molar-refractivity contribution is 6.22. The predicted molar refractivity (Wildman–Crippen MR) is 76.4 cm³/mol. The van der Waals surface area contributed by atoms with Gasteiger partial charge in [0.2, 0.25) is 5.91 Å². The Morgan fingerprint density at radius 1 is 1.23 bits per heavy atom. The minimum Gasteiger partial charge on any atom is -0.481 e. The van der Waals surface area contributed by atoms with Crippen molar-refractivity contribution in [1.29, 1.82) is 0 Å². The number of nitrogens with zero attached hydrogens (tertiary/aromatic N) is 1. The van der Waals surface area contributed by atoms with E-state index in [0.29, 0.717) is 0 Å². The van der Waals surface area contributed by atoms with E-state index >= 15 is 0 Å². The topological polar surface area (TPSA) is 104 Å². The van der Waals surface area contributed by atoms with Gasteiger partial charge < -0.3 is 10.4 Å². The summed E-state index contributed by atoms with van der Waals surface area (Å²) in [7, 11) is 0. The number of carbonyl (C=O) groups excluding carboxylic acids is 3. The van der Waals surface area contributed by atoms with E-state index in [0.717, 1.165) is 10.5 Å². The lowest BCUT2D eigenvalue weighted by atomic mass is 10.1. The Bertz CT molecular complexity index is 668. The Morgan fingerprint density at radius 3 is 2.50 bits per heavy atom. The van der Waals surface area contributed by atoms with E-state index in [1.165, 1.54) is 6.92 Å². The Balaban J connectivity index is 2.06. The average Bonchev–Trinajstić information content (AvgIpc) is 2.62. The zero-order valence-electron chi connectivity index (χ0n) is 12.3. The van der Waals surface area contributed by atoms with E-state index < -0.39 is 36.3 Å². The number of carbonyl (C=O) groups is 4. The smallest absolute Gasteiger partial charge is 0.305 e. The normalized spacial score (nSPS) is 14.7. The molecule has 0 bridgehead atoms. The van der Waals surface area contributed by atoms with Gasteiger partial charge in [0.25, 0.3) is 11.8 Å². The van der Waals surface area contributed by atoms with Gasteiger partial charge in [0.05, 0.1) is 17.5 Å². The molecule has 1 atom stereocenters. The summed E-state index contributed by atoms with van der Waals surface area (Å²) >= 11 is 0. The molecule has 22 heavy (non-hydrogen) atoms. The molecule has 0 saturated heterocycles. The fourth-order valence-corrected chi connectivity index (χ4v) is 2.33. The number of nitrogens with one attached hydrogen (secondary N) is 1. The molecule has 7 heteroatoms. The van der Waals surface area contributed by atoms with Crippen LogP contribution in [0.2, 0.25) is 0 Å². The van der Waals surface area contributed by atoms with Gasteiger partial charge in [0, 0.05) is 6.04 Å². The number of hydrogen-bond donors (Lipinski definition) is 2. The van der Waals surface area contributed by atoms with Crippen molar-refractivity contribution in [2.45, 2.75) is 26.3 Å². The van der Waals surface area contributed by atoms with Crippen LogP contribution < -0.4 is 5.32 Å². The first-order valence-electron chi connectivity index (χ1n) is 6.77. The van der Waals surface area contributed by atoms with Crippen LogP contribution in [0.1, 0.15) is 39.6 Å². The number of carboxylic acid groups (broad SMARTS) is 1. The molecule has 0 fully saturated rings. The van der Waals surface area contributed by atoms with Crippen molar-refractivity contribution in [3.05, 3.63) is 34.9 Å². The third-order valence-electron chi connectivity index (χ3n) is 3.32. The first-order chi connectivity index (χ1) is 10.3. The van der Waals surface area contributed by atoms with E-state index in [-0.39, 0.29) is 17.5 Å². The molecule has 1 unspecified atom stereocenters. The lowest BCUT2D eigenvalue weighted by Crippen LogP contribution is -2.43. The highest BCUT2D eigenvalue weighted by Crippen LogP contribution is 2.23. The number of aliphatic carboxylic acids is 1. The fourth-order valence-electron chi connectivity index (χ4n) is 2.33. The van der Waals surface area contributed by atoms with Crippen molar-refractivity contribution in [2.75, 3.05) is 6.54 Å². The highest BCUT2D eigenvalue weighted by Gasteiger charge is 2.36. The van der Waals surface area contributed by atoms with Crippen molar-refractivity contribution < 1.29 is 24.3 Å². The first kappa shape index (κ1) is 15.7. The summed E-state index contributed by atoms with van der Waals surface area (Å²) in [6.45, 7) is 2.92. The standard InChI is InChI=1S/C15H16N2O5/c1-8-3-4-10-11(5-8)15(22)17(14(10)21)7-12(18)16-9(2)6-13(19)20/h3-5,9H,6-7H2,1-2H3,(H,16,18)(H,19,20). The number of fused-ring (bicyclic) bond motifs is 1. The van der Waals surface area contributed by atoms with Crippen molar-refractivity contribution in [3.63, 3.8) is 0 Å². The summed E-state index contributed by atoms with van der Waals surface area (Å²) in [4.78, 5) is 47.6. The summed E-state index contributed by atoms with van der Waals surface area (Å²) in [6, 6.07) is 4.32. The molecule has 1 aliphatic heterocycles. The van der Waals surface area contributed by atoms with Gasteiger partial charge in [0.1, 0.15) is 6.54 Å². The van der Waals surface area contributed by atoms with Crippen molar-refractivity contribution >= 4 is 23.7 Å². The number of amides is 3. The van der Waals surface area contributed by atoms with Crippen molar-refractivity contribution in [2.24, 2.45) is 0 Å². The molecule has 1 aromatic carbocycles. The minimum atomic E-state index is -1.04. The van der Waals surface area contributed by atoms with Crippen LogP contribution in [0.4, 0.5) is 0 Å². The molecule has 0 aromatic heterocycles. The minimum absolute atomic E-state index is 0.229. The summed E-state index contributed by atoms with van der Waals surface area (Å²) in [5.41, 5.74) is 1.42. The van der Waals surface area contributed by atoms with Crippen LogP contribution in [0.15, 0.2) is 18.2 Å². The highest BCUT2D eigenvalue weighted by atomic mass is 16.4. The van der Waals surface area contributed by atoms with Crippen LogP contribution >= 0.6 is 0 Å². The van der Waals surface area contributed by atoms with Crippen LogP contribution in [0, 0.1) is 6.92 Å². The molecule has 0 spiro atoms. The molecule has 7 nitrogen and oxygen atoms in total. The van der Waals surface area contributed by atoms with Gasteiger partial charge in [-0.3, -0.25) is 24.1 Å². The summed E-state index contributed by atoms with van der Waals surface area (Å²) in [6.07, 6.45) is -0.229. The van der Waals surface area contributed by atoms with Crippen molar-refractivity contribution in [3.8, 4) is 0 Å². The number of benzene rings is 1. The van der Waals surface area contributed by atoms with E-state index in [2.05, 4.69) is 5.32 Å². The molecule has 116 valence electrons. The Kier molecular flexibility index (Phi) is 4.25. The van der Waals surface area contributed by atoms with Gasteiger partial charge in [-0.1, -0.05) is 11.6 Å². The van der Waals surface area contributed by atoms with E-state index in [4.69, 9.17) is 5.11 Å². The van der Waals surface area contributed by atoms with Gasteiger partial charge in [0.15, 0.2) is 0 Å². The number of rotatable bonds is 5. The molecule has 0 saturated carbocycles. The monoisotopic (exact) mass is 304 g/mol. The molecule has 0 aliphatic carbocycles. The van der Waals surface area contributed by atoms with Crippen LogP contribution in [0.25, 0.3) is 0 Å². The van der Waals surface area contributed by atoms with E-state index in [9.17, 15) is 19.2 Å². The van der Waals surface area contributed by atoms with Crippen LogP contribution in [0.5, 0.6) is 0 Å². The summed E-state index contributed by atoms with van der Waals surface area (Å²) < 4.78 is 0. The zero-order chi connectivity index (χ0) is 16.4. The summed E-state index contributed by atoms with van der Waals surface area (Å²) in [5.74, 6) is -2.63. The fraction of sp³-hybridized carbons (Fsp3) is 0.333. The number of aryl methyl sites for hydroxylation is 1. The van der Waals surface area contributed by atoms with Crippen LogP contribution in [0.3, 0.4) is 0 Å². The van der Waals surface area contributed by atoms with E-state index in [1.54, 1.807) is 25.1 Å². The second kappa shape index (κ2) is 5.97. The number of hydrogen-bond acceptors (Lipinski definition) is 4.